The van der Waals surface area contributed by atoms with Crippen LogP contribution in [0.4, 0.5) is 11.5 Å². The number of nitrogens with two attached hydrogens (primary N) is 1. The van der Waals surface area contributed by atoms with E-state index in [0.717, 1.165) is 11.3 Å². The first-order chi connectivity index (χ1) is 11.4. The Morgan fingerprint density at radius 3 is 2.42 bits per heavy atom. The number of rotatable bonds is 3. The van der Waals surface area contributed by atoms with Crippen molar-refractivity contribution in [3.63, 3.8) is 0 Å². The summed E-state index contributed by atoms with van der Waals surface area (Å²) < 4.78 is 1.92. The first-order valence-electron chi connectivity index (χ1n) is 7.65. The Bertz CT molecular complexity index is 917. The van der Waals surface area contributed by atoms with Crippen molar-refractivity contribution >= 4 is 23.1 Å². The minimum atomic E-state index is -0.463. The summed E-state index contributed by atoms with van der Waals surface area (Å²) in [7, 11) is 0. The van der Waals surface area contributed by atoms with Gasteiger partial charge in [0.2, 0.25) is 5.91 Å². The van der Waals surface area contributed by atoms with Crippen LogP contribution in [0.25, 0.3) is 5.65 Å². The fourth-order valence-electron chi connectivity index (χ4n) is 2.38. The Morgan fingerprint density at radius 2 is 1.79 bits per heavy atom. The molecule has 0 radical (unpaired) electrons. The number of azo groups is 1. The highest BCUT2D eigenvalue weighted by Crippen LogP contribution is 2.32. The molecular formula is C18H19N5O. The molecule has 24 heavy (non-hydrogen) atoms. The Kier molecular flexibility index (Phi) is 3.89. The average molecular weight is 321 g/mol. The highest BCUT2D eigenvalue weighted by Gasteiger charge is 2.23. The molecular weight excluding hydrogens is 302 g/mol. The topological polar surface area (TPSA) is 85.1 Å². The molecule has 0 bridgehead atoms. The molecule has 3 rings (SSSR count). The minimum Gasteiger partial charge on any atom is -0.366 e. The summed E-state index contributed by atoms with van der Waals surface area (Å²) in [6, 6.07) is 12.5. The van der Waals surface area contributed by atoms with E-state index in [-0.39, 0.29) is 5.41 Å². The second-order valence-corrected chi connectivity index (χ2v) is 6.57. The van der Waals surface area contributed by atoms with Gasteiger partial charge in [0.25, 0.3) is 0 Å². The molecule has 0 saturated carbocycles. The molecule has 1 aromatic carbocycles. The zero-order chi connectivity index (χ0) is 17.3. The van der Waals surface area contributed by atoms with Crippen LogP contribution >= 0.6 is 0 Å². The van der Waals surface area contributed by atoms with Gasteiger partial charge in [-0.25, -0.2) is 4.98 Å². The lowest BCUT2D eigenvalue weighted by Crippen LogP contribution is -2.11. The van der Waals surface area contributed by atoms with Gasteiger partial charge in [-0.2, -0.15) is 0 Å². The first kappa shape index (κ1) is 15.9. The Hall–Kier alpha value is -3.02. The van der Waals surface area contributed by atoms with Gasteiger partial charge in [-0.3, -0.25) is 9.20 Å². The number of amides is 1. The summed E-state index contributed by atoms with van der Waals surface area (Å²) >= 11 is 0. The molecule has 0 aliphatic rings. The van der Waals surface area contributed by atoms with Crippen LogP contribution in [0.1, 0.15) is 36.8 Å². The normalized spacial score (nSPS) is 12.1. The van der Waals surface area contributed by atoms with Gasteiger partial charge in [0.05, 0.1) is 11.4 Å². The highest BCUT2D eigenvalue weighted by atomic mass is 16.1. The van der Waals surface area contributed by atoms with Gasteiger partial charge in [0.1, 0.15) is 5.65 Å². The summed E-state index contributed by atoms with van der Waals surface area (Å²) in [6.07, 6.45) is 1.92. The van der Waals surface area contributed by atoms with Crippen molar-refractivity contribution in [1.29, 1.82) is 0 Å². The molecule has 2 N–H and O–H groups in total. The molecule has 6 nitrogen and oxygen atoms in total. The third-order valence-corrected chi connectivity index (χ3v) is 3.63. The zero-order valence-corrected chi connectivity index (χ0v) is 13.9. The summed E-state index contributed by atoms with van der Waals surface area (Å²) in [6.45, 7) is 6.28. The van der Waals surface area contributed by atoms with Crippen molar-refractivity contribution in [2.75, 3.05) is 0 Å². The lowest BCUT2D eigenvalue weighted by atomic mass is 9.92. The number of carbonyl (C=O) groups is 1. The molecule has 0 unspecified atom stereocenters. The molecule has 0 atom stereocenters. The number of aromatic nitrogens is 2. The maximum Gasteiger partial charge on any atom is 0.248 e. The Morgan fingerprint density at radius 1 is 1.08 bits per heavy atom. The zero-order valence-electron chi connectivity index (χ0n) is 13.9. The highest BCUT2D eigenvalue weighted by molar-refractivity contribution is 5.92. The van der Waals surface area contributed by atoms with E-state index in [1.54, 1.807) is 24.3 Å². The number of imidazole rings is 1. The van der Waals surface area contributed by atoms with E-state index in [4.69, 9.17) is 5.73 Å². The minimum absolute atomic E-state index is 0.157. The quantitative estimate of drug-likeness (QED) is 0.735. The maximum absolute atomic E-state index is 11.1. The monoisotopic (exact) mass is 321 g/mol. The predicted molar refractivity (Wildman–Crippen MR) is 93.0 cm³/mol. The number of hydrogen-bond acceptors (Lipinski definition) is 4. The Balaban J connectivity index is 2.04. The molecule has 0 saturated heterocycles. The van der Waals surface area contributed by atoms with E-state index in [1.807, 2.05) is 28.8 Å². The van der Waals surface area contributed by atoms with Gasteiger partial charge in [0.15, 0.2) is 5.82 Å². The second kappa shape index (κ2) is 5.88. The average Bonchev–Trinajstić information content (AvgIpc) is 2.92. The van der Waals surface area contributed by atoms with Crippen LogP contribution in [0.2, 0.25) is 0 Å². The van der Waals surface area contributed by atoms with Crippen molar-refractivity contribution < 1.29 is 4.79 Å². The van der Waals surface area contributed by atoms with E-state index >= 15 is 0 Å². The van der Waals surface area contributed by atoms with Gasteiger partial charge in [-0.1, -0.05) is 26.8 Å². The van der Waals surface area contributed by atoms with Crippen molar-refractivity contribution in [2.45, 2.75) is 26.2 Å². The summed E-state index contributed by atoms with van der Waals surface area (Å²) in [4.78, 5) is 15.8. The second-order valence-electron chi connectivity index (χ2n) is 6.57. The number of primary amides is 1. The van der Waals surface area contributed by atoms with E-state index in [0.29, 0.717) is 17.1 Å². The van der Waals surface area contributed by atoms with Crippen molar-refractivity contribution in [3.05, 3.63) is 59.9 Å². The number of carbonyl (C=O) groups excluding carboxylic acids is 1. The Labute approximate surface area is 140 Å². The SMILES string of the molecule is CC(C)(C)c1nc2ccccn2c1N=Nc1ccc(C(N)=O)cc1. The van der Waals surface area contributed by atoms with Gasteiger partial charge in [-0.15, -0.1) is 10.2 Å². The maximum atomic E-state index is 11.1. The lowest BCUT2D eigenvalue weighted by molar-refractivity contribution is 0.100. The van der Waals surface area contributed by atoms with Crippen LogP contribution < -0.4 is 5.73 Å². The van der Waals surface area contributed by atoms with Crippen LogP contribution in [0.15, 0.2) is 58.9 Å². The smallest absolute Gasteiger partial charge is 0.248 e. The molecule has 6 heteroatoms. The number of fused-ring (bicyclic) bond motifs is 1. The molecule has 2 aromatic heterocycles. The number of pyridine rings is 1. The standard InChI is InChI=1S/C18H19N5O/c1-18(2,3)15-17(23-11-5-4-6-14(23)20-15)22-21-13-9-7-12(8-10-13)16(19)24/h4-11H,1-3H3,(H2,19,24). The third kappa shape index (κ3) is 3.03. The van der Waals surface area contributed by atoms with Crippen molar-refractivity contribution in [1.82, 2.24) is 9.38 Å². The van der Waals surface area contributed by atoms with Gasteiger partial charge in [-0.05, 0) is 36.4 Å². The van der Waals surface area contributed by atoms with Crippen LogP contribution in [-0.4, -0.2) is 15.3 Å². The molecule has 0 spiro atoms. The van der Waals surface area contributed by atoms with Crippen LogP contribution in [-0.2, 0) is 5.41 Å². The van der Waals surface area contributed by atoms with Gasteiger partial charge in [0, 0.05) is 17.2 Å². The molecule has 0 aliphatic carbocycles. The molecule has 0 aliphatic heterocycles. The third-order valence-electron chi connectivity index (χ3n) is 3.63. The fraction of sp³-hybridized carbons (Fsp3) is 0.222. The number of hydrogen-bond donors (Lipinski definition) is 1. The predicted octanol–water partition coefficient (Wildman–Crippen LogP) is 4.15. The molecule has 1 amide bonds. The molecule has 2 heterocycles. The van der Waals surface area contributed by atoms with Crippen LogP contribution in [0.5, 0.6) is 0 Å². The first-order valence-corrected chi connectivity index (χ1v) is 7.65. The summed E-state index contributed by atoms with van der Waals surface area (Å²) in [5.74, 6) is 0.243. The fourth-order valence-corrected chi connectivity index (χ4v) is 2.38. The van der Waals surface area contributed by atoms with Crippen molar-refractivity contribution in [2.24, 2.45) is 16.0 Å². The van der Waals surface area contributed by atoms with E-state index < -0.39 is 5.91 Å². The molecule has 3 aromatic rings. The van der Waals surface area contributed by atoms with E-state index in [1.165, 1.54) is 0 Å². The van der Waals surface area contributed by atoms with Gasteiger partial charge >= 0.3 is 0 Å². The van der Waals surface area contributed by atoms with E-state index in [9.17, 15) is 4.79 Å². The molecule has 122 valence electrons. The van der Waals surface area contributed by atoms with Gasteiger partial charge < -0.3 is 5.73 Å². The lowest BCUT2D eigenvalue weighted by Gasteiger charge is -2.15. The summed E-state index contributed by atoms with van der Waals surface area (Å²) in [5.41, 5.74) is 7.89. The van der Waals surface area contributed by atoms with E-state index in [2.05, 4.69) is 36.0 Å². The van der Waals surface area contributed by atoms with Crippen LogP contribution in [0, 0.1) is 0 Å². The molecule has 0 fully saturated rings. The number of benzene rings is 1. The largest absolute Gasteiger partial charge is 0.366 e. The van der Waals surface area contributed by atoms with Crippen LogP contribution in [0.3, 0.4) is 0 Å². The number of nitrogens with zero attached hydrogens (tertiary/aromatic N) is 4. The van der Waals surface area contributed by atoms with Crippen molar-refractivity contribution in [3.8, 4) is 0 Å². The summed E-state index contributed by atoms with van der Waals surface area (Å²) in [5, 5.41) is 8.70.